The van der Waals surface area contributed by atoms with Gasteiger partial charge in [0, 0.05) is 0 Å². The summed E-state index contributed by atoms with van der Waals surface area (Å²) >= 11 is 0. The second kappa shape index (κ2) is 10.0. The van der Waals surface area contributed by atoms with Crippen LogP contribution in [0, 0.1) is 0 Å². The van der Waals surface area contributed by atoms with Gasteiger partial charge in [-0.3, -0.25) is 0 Å². The van der Waals surface area contributed by atoms with Crippen molar-refractivity contribution in [3.63, 3.8) is 0 Å². The molecular weight excluding hydrogens is 376 g/mol. The summed E-state index contributed by atoms with van der Waals surface area (Å²) in [6, 6.07) is 28.0. The van der Waals surface area contributed by atoms with Crippen molar-refractivity contribution in [1.29, 1.82) is 0 Å². The molecule has 0 aromatic heterocycles. The third-order valence-electron chi connectivity index (χ3n) is 4.95. The Balaban J connectivity index is 1.54. The maximum Gasteiger partial charge on any atom is 0.123 e. The molecule has 3 rings (SSSR count). The summed E-state index contributed by atoms with van der Waals surface area (Å²) < 4.78 is 0. The highest BCUT2D eigenvalue weighted by Crippen LogP contribution is 2.30. The summed E-state index contributed by atoms with van der Waals surface area (Å²) in [7, 11) is 0. The molecule has 0 aliphatic carbocycles. The van der Waals surface area contributed by atoms with Crippen LogP contribution in [0.4, 0.5) is 0 Å². The van der Waals surface area contributed by atoms with Gasteiger partial charge in [0.2, 0.25) is 0 Å². The maximum atomic E-state index is 5.70. The average Bonchev–Trinajstić information content (AvgIpc) is 2.75. The van der Waals surface area contributed by atoms with Gasteiger partial charge in [-0.15, -0.1) is 0 Å². The Labute approximate surface area is 179 Å². The van der Waals surface area contributed by atoms with Crippen LogP contribution in [0.2, 0.25) is 0 Å². The third kappa shape index (κ3) is 6.25. The molecule has 0 N–H and O–H groups in total. The molecule has 4 nitrogen and oxygen atoms in total. The van der Waals surface area contributed by atoms with Gasteiger partial charge in [0.25, 0.3) is 0 Å². The Morgan fingerprint density at radius 1 is 0.500 bits per heavy atom. The van der Waals surface area contributed by atoms with E-state index >= 15 is 0 Å². The molecule has 30 heavy (non-hydrogen) atoms. The zero-order valence-electron chi connectivity index (χ0n) is 18.1. The molecule has 0 saturated heterocycles. The van der Waals surface area contributed by atoms with Crippen molar-refractivity contribution in [3.8, 4) is 0 Å². The Kier molecular flexibility index (Phi) is 7.40. The molecule has 3 aromatic carbocycles. The fourth-order valence-corrected chi connectivity index (χ4v) is 3.01. The molecule has 0 aliphatic heterocycles. The van der Waals surface area contributed by atoms with Crippen molar-refractivity contribution in [1.82, 2.24) is 0 Å². The first-order valence-electron chi connectivity index (χ1n) is 10.2. The minimum Gasteiger partial charge on any atom is -0.231 e. The topological polar surface area (TPSA) is 36.9 Å². The minimum absolute atomic E-state index is 0.405. The summed E-state index contributed by atoms with van der Waals surface area (Å²) in [6.07, 6.45) is 0. The van der Waals surface area contributed by atoms with Gasteiger partial charge in [-0.2, -0.15) is 0 Å². The van der Waals surface area contributed by atoms with Crippen LogP contribution in [-0.4, -0.2) is 0 Å². The van der Waals surface area contributed by atoms with Gasteiger partial charge in [-0.05, 0) is 49.9 Å². The SMILES string of the molecule is CC(C)(OOCc1ccccc1)c1ccc(C(C)(C)OOCc2ccccc2)cc1. The molecule has 0 unspecified atom stereocenters. The monoisotopic (exact) mass is 406 g/mol. The molecule has 0 spiro atoms. The smallest absolute Gasteiger partial charge is 0.123 e. The Bertz CT molecular complexity index is 811. The normalized spacial score (nSPS) is 12.1. The second-order valence-electron chi connectivity index (χ2n) is 8.26. The predicted molar refractivity (Wildman–Crippen MR) is 117 cm³/mol. The van der Waals surface area contributed by atoms with Crippen molar-refractivity contribution in [2.24, 2.45) is 0 Å². The van der Waals surface area contributed by atoms with Crippen LogP contribution >= 0.6 is 0 Å². The molecule has 0 atom stereocenters. The summed E-state index contributed by atoms with van der Waals surface area (Å²) in [5.74, 6) is 0. The lowest BCUT2D eigenvalue weighted by atomic mass is 9.92. The van der Waals surface area contributed by atoms with E-state index in [1.807, 2.05) is 113 Å². The van der Waals surface area contributed by atoms with Crippen molar-refractivity contribution >= 4 is 0 Å². The number of rotatable bonds is 10. The summed E-state index contributed by atoms with van der Waals surface area (Å²) in [4.78, 5) is 22.4. The molecule has 0 radical (unpaired) electrons. The van der Waals surface area contributed by atoms with Gasteiger partial charge in [0.15, 0.2) is 0 Å². The maximum absolute atomic E-state index is 5.70. The van der Waals surface area contributed by atoms with Crippen LogP contribution in [0.25, 0.3) is 0 Å². The highest BCUT2D eigenvalue weighted by molar-refractivity contribution is 5.29. The molecule has 0 saturated carbocycles. The standard InChI is InChI=1S/C26H30O4/c1-25(2,29-27-19-21-11-7-5-8-12-21)23-15-17-24(18-16-23)26(3,4)30-28-20-22-13-9-6-10-14-22/h5-18H,19-20H2,1-4H3. The van der Waals surface area contributed by atoms with E-state index in [9.17, 15) is 0 Å². The number of benzene rings is 3. The Morgan fingerprint density at radius 2 is 0.833 bits per heavy atom. The summed E-state index contributed by atoms with van der Waals surface area (Å²) in [5.41, 5.74) is 3.00. The third-order valence-corrected chi connectivity index (χ3v) is 4.95. The van der Waals surface area contributed by atoms with E-state index in [2.05, 4.69) is 0 Å². The van der Waals surface area contributed by atoms with E-state index in [0.29, 0.717) is 13.2 Å². The van der Waals surface area contributed by atoms with Gasteiger partial charge in [0.1, 0.15) is 24.4 Å². The Hall–Kier alpha value is -2.50. The van der Waals surface area contributed by atoms with Crippen molar-refractivity contribution in [2.45, 2.75) is 52.1 Å². The zero-order chi connectivity index (χ0) is 21.5. The fourth-order valence-electron chi connectivity index (χ4n) is 3.01. The molecule has 158 valence electrons. The van der Waals surface area contributed by atoms with Crippen LogP contribution in [-0.2, 0) is 44.0 Å². The van der Waals surface area contributed by atoms with Crippen molar-refractivity contribution < 1.29 is 19.6 Å². The van der Waals surface area contributed by atoms with Crippen molar-refractivity contribution in [3.05, 3.63) is 107 Å². The van der Waals surface area contributed by atoms with Crippen LogP contribution in [0.15, 0.2) is 84.9 Å². The molecule has 0 bridgehead atoms. The van der Waals surface area contributed by atoms with Crippen LogP contribution < -0.4 is 0 Å². The molecule has 3 aromatic rings. The molecular formula is C26H30O4. The zero-order valence-corrected chi connectivity index (χ0v) is 18.1. The first kappa shape index (κ1) is 22.2. The van der Waals surface area contributed by atoms with Gasteiger partial charge < -0.3 is 0 Å². The van der Waals surface area contributed by atoms with E-state index in [4.69, 9.17) is 19.6 Å². The van der Waals surface area contributed by atoms with E-state index in [1.54, 1.807) is 0 Å². The van der Waals surface area contributed by atoms with Gasteiger partial charge in [-0.1, -0.05) is 84.9 Å². The lowest BCUT2D eigenvalue weighted by Gasteiger charge is -2.27. The Morgan fingerprint density at radius 3 is 1.17 bits per heavy atom. The van der Waals surface area contributed by atoms with Gasteiger partial charge in [-0.25, -0.2) is 19.6 Å². The largest absolute Gasteiger partial charge is 0.231 e. The fraction of sp³-hybridized carbons (Fsp3) is 0.308. The first-order valence-corrected chi connectivity index (χ1v) is 10.2. The first-order chi connectivity index (χ1) is 14.4. The predicted octanol–water partition coefficient (Wildman–Crippen LogP) is 6.45. The molecule has 0 heterocycles. The molecule has 4 heteroatoms. The number of hydrogen-bond donors (Lipinski definition) is 0. The van der Waals surface area contributed by atoms with E-state index in [0.717, 1.165) is 22.3 Å². The highest BCUT2D eigenvalue weighted by atomic mass is 17.2. The van der Waals surface area contributed by atoms with E-state index < -0.39 is 11.2 Å². The van der Waals surface area contributed by atoms with Crippen LogP contribution in [0.1, 0.15) is 49.9 Å². The van der Waals surface area contributed by atoms with E-state index in [-0.39, 0.29) is 0 Å². The van der Waals surface area contributed by atoms with Crippen LogP contribution in [0.3, 0.4) is 0 Å². The van der Waals surface area contributed by atoms with Crippen LogP contribution in [0.5, 0.6) is 0 Å². The van der Waals surface area contributed by atoms with E-state index in [1.165, 1.54) is 0 Å². The molecule has 0 aliphatic rings. The molecule has 0 fully saturated rings. The highest BCUT2D eigenvalue weighted by Gasteiger charge is 2.26. The minimum atomic E-state index is -0.581. The quantitative estimate of drug-likeness (QED) is 0.286. The summed E-state index contributed by atoms with van der Waals surface area (Å²) in [5, 5.41) is 0. The lowest BCUT2D eigenvalue weighted by molar-refractivity contribution is -0.367. The molecule has 0 amide bonds. The lowest BCUT2D eigenvalue weighted by Crippen LogP contribution is -2.24. The van der Waals surface area contributed by atoms with Gasteiger partial charge in [0.05, 0.1) is 0 Å². The number of hydrogen-bond acceptors (Lipinski definition) is 4. The van der Waals surface area contributed by atoms with Crippen molar-refractivity contribution in [2.75, 3.05) is 0 Å². The van der Waals surface area contributed by atoms with Gasteiger partial charge >= 0.3 is 0 Å². The summed E-state index contributed by atoms with van der Waals surface area (Å²) in [6.45, 7) is 8.74. The average molecular weight is 407 g/mol. The second-order valence-corrected chi connectivity index (χ2v) is 8.26.